The maximum absolute atomic E-state index is 5.83. The van der Waals surface area contributed by atoms with E-state index >= 15 is 0 Å². The van der Waals surface area contributed by atoms with E-state index in [1.807, 2.05) is 13.0 Å². The van der Waals surface area contributed by atoms with Crippen molar-refractivity contribution < 1.29 is 4.74 Å². The zero-order valence-corrected chi connectivity index (χ0v) is 11.6. The van der Waals surface area contributed by atoms with E-state index in [9.17, 15) is 0 Å². The highest BCUT2D eigenvalue weighted by Crippen LogP contribution is 2.28. The number of fused-ring (bicyclic) bond motifs is 1. The van der Waals surface area contributed by atoms with Crippen LogP contribution in [0.15, 0.2) is 24.3 Å². The first kappa shape index (κ1) is 12.4. The molecule has 0 radical (unpaired) electrons. The summed E-state index contributed by atoms with van der Waals surface area (Å²) in [5, 5.41) is 0.216. The molecule has 0 aliphatic heterocycles. The number of aryl methyl sites for hydroxylation is 3. The first-order valence-electron chi connectivity index (χ1n) is 6.51. The zero-order chi connectivity index (χ0) is 13.2. The monoisotopic (exact) mass is 274 g/mol. The Labute approximate surface area is 117 Å². The van der Waals surface area contributed by atoms with Crippen LogP contribution in [-0.4, -0.2) is 9.97 Å². The maximum atomic E-state index is 5.83. The molecule has 4 heteroatoms. The van der Waals surface area contributed by atoms with Gasteiger partial charge in [0.15, 0.2) is 0 Å². The van der Waals surface area contributed by atoms with Gasteiger partial charge in [0.05, 0.1) is 0 Å². The normalized spacial score (nSPS) is 14.0. The largest absolute Gasteiger partial charge is 0.439 e. The molecule has 0 atom stereocenters. The van der Waals surface area contributed by atoms with Crippen molar-refractivity contribution in [2.45, 2.75) is 32.6 Å². The highest BCUT2D eigenvalue weighted by atomic mass is 35.5. The van der Waals surface area contributed by atoms with Crippen LogP contribution in [0.1, 0.15) is 29.7 Å². The third-order valence-electron chi connectivity index (χ3n) is 3.35. The molecule has 0 saturated heterocycles. The fourth-order valence-electron chi connectivity index (χ4n) is 2.45. The summed E-state index contributed by atoms with van der Waals surface area (Å²) >= 11 is 5.83. The molecule has 3 rings (SSSR count). The summed E-state index contributed by atoms with van der Waals surface area (Å²) < 4.78 is 5.77. The molecular weight excluding hydrogens is 260 g/mol. The predicted molar refractivity (Wildman–Crippen MR) is 74.9 cm³/mol. The van der Waals surface area contributed by atoms with Gasteiger partial charge in [0.1, 0.15) is 5.75 Å². The van der Waals surface area contributed by atoms with Gasteiger partial charge >= 0.3 is 0 Å². The average molecular weight is 275 g/mol. The van der Waals surface area contributed by atoms with Gasteiger partial charge in [0.25, 0.3) is 0 Å². The van der Waals surface area contributed by atoms with Gasteiger partial charge in [-0.3, -0.25) is 0 Å². The lowest BCUT2D eigenvalue weighted by molar-refractivity contribution is 0.459. The minimum atomic E-state index is 0.216. The molecule has 0 bridgehead atoms. The van der Waals surface area contributed by atoms with Gasteiger partial charge in [0.2, 0.25) is 11.2 Å². The Balaban J connectivity index is 1.86. The van der Waals surface area contributed by atoms with Crippen molar-refractivity contribution in [3.8, 4) is 11.6 Å². The minimum Gasteiger partial charge on any atom is -0.439 e. The van der Waals surface area contributed by atoms with Crippen molar-refractivity contribution >= 4 is 11.6 Å². The summed E-state index contributed by atoms with van der Waals surface area (Å²) in [4.78, 5) is 8.09. The molecule has 2 aromatic rings. The molecule has 98 valence electrons. The third kappa shape index (κ3) is 2.87. The number of nitrogens with zero attached hydrogens (tertiary/aromatic N) is 2. The lowest BCUT2D eigenvalue weighted by atomic mass is 9.92. The van der Waals surface area contributed by atoms with Crippen molar-refractivity contribution in [2.75, 3.05) is 0 Å². The van der Waals surface area contributed by atoms with Gasteiger partial charge in [-0.2, -0.15) is 4.98 Å². The Hall–Kier alpha value is -1.61. The first-order chi connectivity index (χ1) is 9.20. The Morgan fingerprint density at radius 3 is 2.63 bits per heavy atom. The standard InChI is InChI=1S/C15H15ClN2O/c1-10-8-14(18-15(16)17-10)19-13-7-6-11-4-2-3-5-12(11)9-13/h6-9H,2-5H2,1H3. The summed E-state index contributed by atoms with van der Waals surface area (Å²) in [7, 11) is 0. The quantitative estimate of drug-likeness (QED) is 0.773. The van der Waals surface area contributed by atoms with Crippen LogP contribution in [0, 0.1) is 6.92 Å². The number of rotatable bonds is 2. The lowest BCUT2D eigenvalue weighted by Crippen LogP contribution is -2.02. The molecule has 1 aliphatic carbocycles. The minimum absolute atomic E-state index is 0.216. The molecule has 1 aliphatic rings. The van der Waals surface area contributed by atoms with Crippen molar-refractivity contribution in [3.63, 3.8) is 0 Å². The lowest BCUT2D eigenvalue weighted by Gasteiger charge is -2.16. The summed E-state index contributed by atoms with van der Waals surface area (Å²) in [6.45, 7) is 1.87. The van der Waals surface area contributed by atoms with Gasteiger partial charge < -0.3 is 4.74 Å². The van der Waals surface area contributed by atoms with Gasteiger partial charge in [-0.15, -0.1) is 0 Å². The van der Waals surface area contributed by atoms with Crippen LogP contribution < -0.4 is 4.74 Å². The fourth-order valence-corrected chi connectivity index (χ4v) is 2.67. The van der Waals surface area contributed by atoms with Crippen LogP contribution in [0.5, 0.6) is 11.6 Å². The average Bonchev–Trinajstić information content (AvgIpc) is 2.37. The zero-order valence-electron chi connectivity index (χ0n) is 10.8. The molecule has 0 spiro atoms. The summed E-state index contributed by atoms with van der Waals surface area (Å²) in [5.74, 6) is 1.31. The SMILES string of the molecule is Cc1cc(Oc2ccc3c(c2)CCCC3)nc(Cl)n1. The third-order valence-corrected chi connectivity index (χ3v) is 3.51. The summed E-state index contributed by atoms with van der Waals surface area (Å²) in [6, 6.07) is 8.04. The Kier molecular flexibility index (Phi) is 3.38. The fraction of sp³-hybridized carbons (Fsp3) is 0.333. The number of benzene rings is 1. The van der Waals surface area contributed by atoms with E-state index in [0.717, 1.165) is 17.9 Å². The van der Waals surface area contributed by atoms with E-state index in [4.69, 9.17) is 16.3 Å². The first-order valence-corrected chi connectivity index (χ1v) is 6.89. The van der Waals surface area contributed by atoms with Crippen LogP contribution >= 0.6 is 11.6 Å². The molecule has 3 nitrogen and oxygen atoms in total. The van der Waals surface area contributed by atoms with Gasteiger partial charge in [-0.25, -0.2) is 4.98 Å². The number of hydrogen-bond donors (Lipinski definition) is 0. The van der Waals surface area contributed by atoms with Gasteiger partial charge in [-0.1, -0.05) is 6.07 Å². The van der Waals surface area contributed by atoms with Crippen LogP contribution in [-0.2, 0) is 12.8 Å². The van der Waals surface area contributed by atoms with E-state index in [0.29, 0.717) is 5.88 Å². The predicted octanol–water partition coefficient (Wildman–Crippen LogP) is 4.11. The molecule has 1 aromatic heterocycles. The van der Waals surface area contributed by atoms with Gasteiger partial charge in [0, 0.05) is 11.8 Å². The van der Waals surface area contributed by atoms with E-state index in [1.54, 1.807) is 6.07 Å². The van der Waals surface area contributed by atoms with E-state index in [-0.39, 0.29) is 5.28 Å². The van der Waals surface area contributed by atoms with Crippen LogP contribution in [0.3, 0.4) is 0 Å². The highest BCUT2D eigenvalue weighted by molar-refractivity contribution is 6.28. The van der Waals surface area contributed by atoms with Crippen LogP contribution in [0.2, 0.25) is 5.28 Å². The Morgan fingerprint density at radius 2 is 1.84 bits per heavy atom. The summed E-state index contributed by atoms with van der Waals surface area (Å²) in [5.41, 5.74) is 3.63. The smallest absolute Gasteiger partial charge is 0.225 e. The van der Waals surface area contributed by atoms with E-state index < -0.39 is 0 Å². The molecule has 1 aromatic carbocycles. The maximum Gasteiger partial charge on any atom is 0.225 e. The second-order valence-corrected chi connectivity index (χ2v) is 5.19. The van der Waals surface area contributed by atoms with Crippen molar-refractivity contribution in [1.82, 2.24) is 9.97 Å². The second-order valence-electron chi connectivity index (χ2n) is 4.86. The van der Waals surface area contributed by atoms with E-state index in [1.165, 1.54) is 30.4 Å². The molecular formula is C15H15ClN2O. The van der Waals surface area contributed by atoms with Gasteiger partial charge in [-0.05, 0) is 67.5 Å². The highest BCUT2D eigenvalue weighted by Gasteiger charge is 2.11. The number of ether oxygens (including phenoxy) is 1. The summed E-state index contributed by atoms with van der Waals surface area (Å²) in [6.07, 6.45) is 4.85. The molecule has 0 N–H and O–H groups in total. The molecule has 19 heavy (non-hydrogen) atoms. The number of hydrogen-bond acceptors (Lipinski definition) is 3. The topological polar surface area (TPSA) is 35.0 Å². The van der Waals surface area contributed by atoms with Crippen LogP contribution in [0.4, 0.5) is 0 Å². The molecule has 0 unspecified atom stereocenters. The van der Waals surface area contributed by atoms with Crippen molar-refractivity contribution in [2.24, 2.45) is 0 Å². The number of halogens is 1. The Morgan fingerprint density at radius 1 is 1.05 bits per heavy atom. The molecule has 0 fully saturated rings. The van der Waals surface area contributed by atoms with Crippen molar-refractivity contribution in [1.29, 1.82) is 0 Å². The molecule has 1 heterocycles. The van der Waals surface area contributed by atoms with Crippen LogP contribution in [0.25, 0.3) is 0 Å². The molecule has 0 amide bonds. The van der Waals surface area contributed by atoms with Crippen molar-refractivity contribution in [3.05, 3.63) is 46.4 Å². The number of aromatic nitrogens is 2. The van der Waals surface area contributed by atoms with E-state index in [2.05, 4.69) is 22.1 Å². The molecule has 0 saturated carbocycles. The second kappa shape index (κ2) is 5.17. The Bertz CT molecular complexity index is 593.